The summed E-state index contributed by atoms with van der Waals surface area (Å²) < 4.78 is 5.90. The Hall–Kier alpha value is -1.16. The van der Waals surface area contributed by atoms with Crippen LogP contribution in [-0.4, -0.2) is 29.6 Å². The summed E-state index contributed by atoms with van der Waals surface area (Å²) in [5.41, 5.74) is 1.76. The van der Waals surface area contributed by atoms with Crippen molar-refractivity contribution in [3.63, 3.8) is 0 Å². The van der Waals surface area contributed by atoms with E-state index in [0.29, 0.717) is 42.5 Å². The lowest BCUT2D eigenvalue weighted by molar-refractivity contribution is -0.159. The number of ketones is 1. The van der Waals surface area contributed by atoms with Gasteiger partial charge in [0.15, 0.2) is 5.78 Å². The van der Waals surface area contributed by atoms with Crippen LogP contribution in [0, 0.1) is 34.5 Å². The Bertz CT molecular complexity index is 802. The molecular formula is C32H52O4. The standard InChI is InChI=1S/C32H52O4/c1-23(34)36-29-15-14-27-30-24(13-11-9-7-5-4-6-8-10-12-20-33)21-25-22-26(35)16-18-31(25,2)28(30)17-19-32(27,29)3/h22,24,27-30,33H,4-21H2,1-3H3/t24-,27+,28+,29+,30+,31+,32+/m1/s1. The molecule has 0 heterocycles. The molecule has 0 bridgehead atoms. The summed E-state index contributed by atoms with van der Waals surface area (Å²) in [5, 5.41) is 8.91. The highest BCUT2D eigenvalue weighted by Gasteiger charge is 2.61. The molecule has 3 fully saturated rings. The van der Waals surface area contributed by atoms with Gasteiger partial charge in [0, 0.05) is 25.4 Å². The molecule has 0 radical (unpaired) electrons. The van der Waals surface area contributed by atoms with Crippen LogP contribution in [0.25, 0.3) is 0 Å². The molecule has 4 aliphatic rings. The van der Waals surface area contributed by atoms with Crippen LogP contribution in [0.1, 0.15) is 130 Å². The van der Waals surface area contributed by atoms with Gasteiger partial charge in [-0.05, 0) is 86.5 Å². The molecule has 204 valence electrons. The monoisotopic (exact) mass is 500 g/mol. The molecule has 4 rings (SSSR count). The van der Waals surface area contributed by atoms with Gasteiger partial charge in [0.1, 0.15) is 6.10 Å². The van der Waals surface area contributed by atoms with Gasteiger partial charge in [0.2, 0.25) is 0 Å². The van der Waals surface area contributed by atoms with E-state index in [1.165, 1.54) is 69.8 Å². The zero-order chi connectivity index (χ0) is 25.8. The van der Waals surface area contributed by atoms with Gasteiger partial charge in [-0.1, -0.05) is 70.8 Å². The van der Waals surface area contributed by atoms with E-state index < -0.39 is 0 Å². The lowest BCUT2D eigenvalue weighted by Crippen LogP contribution is -2.54. The van der Waals surface area contributed by atoms with Crippen LogP contribution in [0.4, 0.5) is 0 Å². The van der Waals surface area contributed by atoms with Gasteiger partial charge >= 0.3 is 5.97 Å². The minimum atomic E-state index is -0.124. The van der Waals surface area contributed by atoms with Gasteiger partial charge in [-0.15, -0.1) is 0 Å². The normalized spacial score (nSPS) is 37.6. The highest BCUT2D eigenvalue weighted by molar-refractivity contribution is 5.91. The van der Waals surface area contributed by atoms with E-state index in [1.54, 1.807) is 6.92 Å². The lowest BCUT2D eigenvalue weighted by Gasteiger charge is -2.60. The molecule has 0 unspecified atom stereocenters. The first-order valence-electron chi connectivity index (χ1n) is 15.3. The fourth-order valence-electron chi connectivity index (χ4n) is 9.10. The van der Waals surface area contributed by atoms with Crippen molar-refractivity contribution >= 4 is 11.8 Å². The second-order valence-electron chi connectivity index (χ2n) is 13.2. The molecule has 36 heavy (non-hydrogen) atoms. The largest absolute Gasteiger partial charge is 0.462 e. The number of rotatable bonds is 12. The van der Waals surface area contributed by atoms with Crippen molar-refractivity contribution in [3.8, 4) is 0 Å². The molecule has 0 saturated heterocycles. The van der Waals surface area contributed by atoms with Crippen LogP contribution < -0.4 is 0 Å². The van der Waals surface area contributed by atoms with Gasteiger partial charge in [-0.2, -0.15) is 0 Å². The number of aliphatic hydroxyl groups is 1. The van der Waals surface area contributed by atoms with Crippen molar-refractivity contribution < 1.29 is 19.4 Å². The van der Waals surface area contributed by atoms with Crippen molar-refractivity contribution in [1.82, 2.24) is 0 Å². The topological polar surface area (TPSA) is 63.6 Å². The second-order valence-corrected chi connectivity index (χ2v) is 13.2. The number of hydrogen-bond donors (Lipinski definition) is 1. The Labute approximate surface area is 220 Å². The fourth-order valence-corrected chi connectivity index (χ4v) is 9.10. The third-order valence-electron chi connectivity index (χ3n) is 11.1. The first-order chi connectivity index (χ1) is 17.3. The van der Waals surface area contributed by atoms with Gasteiger partial charge in [0.05, 0.1) is 0 Å². The number of esters is 1. The quantitative estimate of drug-likeness (QED) is 0.222. The Morgan fingerprint density at radius 3 is 2.28 bits per heavy atom. The van der Waals surface area contributed by atoms with Crippen molar-refractivity contribution in [2.45, 2.75) is 136 Å². The van der Waals surface area contributed by atoms with Crippen molar-refractivity contribution in [1.29, 1.82) is 0 Å². The van der Waals surface area contributed by atoms with E-state index in [9.17, 15) is 9.59 Å². The van der Waals surface area contributed by atoms with Crippen molar-refractivity contribution in [3.05, 3.63) is 11.6 Å². The number of carbonyl (C=O) groups excluding carboxylic acids is 2. The summed E-state index contributed by atoms with van der Waals surface area (Å²) in [7, 11) is 0. The second kappa shape index (κ2) is 12.1. The Morgan fingerprint density at radius 1 is 0.944 bits per heavy atom. The third-order valence-corrected chi connectivity index (χ3v) is 11.1. The van der Waals surface area contributed by atoms with Crippen LogP contribution in [0.2, 0.25) is 0 Å². The molecule has 1 N–H and O–H groups in total. The number of carbonyl (C=O) groups is 2. The molecule has 0 spiro atoms. The van der Waals surface area contributed by atoms with Gasteiger partial charge < -0.3 is 9.84 Å². The average molecular weight is 501 g/mol. The smallest absolute Gasteiger partial charge is 0.302 e. The maximum absolute atomic E-state index is 12.4. The van der Waals surface area contributed by atoms with Crippen LogP contribution in [-0.2, 0) is 14.3 Å². The predicted molar refractivity (Wildman–Crippen MR) is 144 cm³/mol. The number of fused-ring (bicyclic) bond motifs is 5. The van der Waals surface area contributed by atoms with E-state index in [4.69, 9.17) is 9.84 Å². The predicted octanol–water partition coefficient (Wildman–Crippen LogP) is 7.57. The summed E-state index contributed by atoms with van der Waals surface area (Å²) in [6, 6.07) is 0. The van der Waals surface area contributed by atoms with E-state index >= 15 is 0 Å². The SMILES string of the molecule is CC(=O)O[C@H]1CC[C@H]2[C@@H]3[C@H](CCCCCCCCCCCO)CC4=CC(=O)CC[C@]4(C)[C@H]3CC[C@]12C. The highest BCUT2D eigenvalue weighted by Crippen LogP contribution is 2.67. The molecule has 4 nitrogen and oxygen atoms in total. The summed E-state index contributed by atoms with van der Waals surface area (Å²) in [5.74, 6) is 2.89. The van der Waals surface area contributed by atoms with Crippen LogP contribution in [0.3, 0.4) is 0 Å². The summed E-state index contributed by atoms with van der Waals surface area (Å²) in [4.78, 5) is 24.3. The Balaban J connectivity index is 1.40. The molecule has 0 aromatic heterocycles. The first-order valence-corrected chi connectivity index (χ1v) is 15.3. The molecule has 4 heteroatoms. The number of hydrogen-bond acceptors (Lipinski definition) is 4. The summed E-state index contributed by atoms with van der Waals surface area (Å²) in [6.07, 6.45) is 22.1. The van der Waals surface area contributed by atoms with Crippen molar-refractivity contribution in [2.24, 2.45) is 34.5 Å². The molecule has 7 atom stereocenters. The average Bonchev–Trinajstić information content (AvgIpc) is 3.16. The van der Waals surface area contributed by atoms with Gasteiger partial charge in [-0.25, -0.2) is 0 Å². The zero-order valence-corrected chi connectivity index (χ0v) is 23.4. The first kappa shape index (κ1) is 27.9. The zero-order valence-electron chi connectivity index (χ0n) is 23.4. The Morgan fingerprint density at radius 2 is 1.61 bits per heavy atom. The van der Waals surface area contributed by atoms with E-state index in [-0.39, 0.29) is 22.9 Å². The summed E-state index contributed by atoms with van der Waals surface area (Å²) in [6.45, 7) is 6.79. The molecule has 0 aromatic carbocycles. The van der Waals surface area contributed by atoms with Crippen LogP contribution in [0.15, 0.2) is 11.6 Å². The molecule has 0 amide bonds. The number of allylic oxidation sites excluding steroid dienone is 1. The molecular weight excluding hydrogens is 448 g/mol. The van der Waals surface area contributed by atoms with Crippen LogP contribution in [0.5, 0.6) is 0 Å². The van der Waals surface area contributed by atoms with Gasteiger partial charge in [-0.3, -0.25) is 9.59 Å². The minimum absolute atomic E-state index is 0.0802. The number of aliphatic hydroxyl groups excluding tert-OH is 1. The van der Waals surface area contributed by atoms with Crippen LogP contribution >= 0.6 is 0 Å². The molecule has 0 aliphatic heterocycles. The highest BCUT2D eigenvalue weighted by atomic mass is 16.5. The van der Waals surface area contributed by atoms with E-state index in [1.807, 2.05) is 6.08 Å². The number of unbranched alkanes of at least 4 members (excludes halogenated alkanes) is 8. The molecule has 3 saturated carbocycles. The maximum Gasteiger partial charge on any atom is 0.302 e. The van der Waals surface area contributed by atoms with Crippen molar-refractivity contribution in [2.75, 3.05) is 6.61 Å². The molecule has 4 aliphatic carbocycles. The third kappa shape index (κ3) is 5.79. The van der Waals surface area contributed by atoms with E-state index in [2.05, 4.69) is 13.8 Å². The minimum Gasteiger partial charge on any atom is -0.462 e. The number of ether oxygens (including phenoxy) is 1. The van der Waals surface area contributed by atoms with Gasteiger partial charge in [0.25, 0.3) is 0 Å². The maximum atomic E-state index is 12.4. The Kier molecular flexibility index (Phi) is 9.39. The summed E-state index contributed by atoms with van der Waals surface area (Å²) >= 11 is 0. The lowest BCUT2D eigenvalue weighted by atomic mass is 9.44. The fraction of sp³-hybridized carbons (Fsp3) is 0.875. The van der Waals surface area contributed by atoms with E-state index in [0.717, 1.165) is 38.5 Å². The molecule has 0 aromatic rings.